The lowest BCUT2D eigenvalue weighted by Crippen LogP contribution is -2.06. The van der Waals surface area contributed by atoms with Gasteiger partial charge in [-0.3, -0.25) is 0 Å². The molecule has 13 heavy (non-hydrogen) atoms. The van der Waals surface area contributed by atoms with Gasteiger partial charge in [-0.25, -0.2) is 13.2 Å². The van der Waals surface area contributed by atoms with E-state index in [2.05, 4.69) is 4.74 Å². The molecule has 0 fully saturated rings. The molecule has 0 saturated carbocycles. The van der Waals surface area contributed by atoms with Gasteiger partial charge in [0.05, 0.1) is 5.02 Å². The SMILES string of the molecule is Fc1cc(OCC(F)F)ccc1Cl. The average molecular weight is 211 g/mol. The molecular formula is C8H6ClF3O. The third-order valence-electron chi connectivity index (χ3n) is 1.27. The fourth-order valence-corrected chi connectivity index (χ4v) is 0.843. The van der Waals surface area contributed by atoms with Crippen LogP contribution in [-0.2, 0) is 0 Å². The fourth-order valence-electron chi connectivity index (χ4n) is 0.726. The van der Waals surface area contributed by atoms with Crippen molar-refractivity contribution in [2.45, 2.75) is 6.43 Å². The first-order valence-electron chi connectivity index (χ1n) is 3.45. The van der Waals surface area contributed by atoms with Gasteiger partial charge in [0.2, 0.25) is 0 Å². The van der Waals surface area contributed by atoms with E-state index < -0.39 is 18.8 Å². The first kappa shape index (κ1) is 10.2. The lowest BCUT2D eigenvalue weighted by atomic mass is 10.3. The van der Waals surface area contributed by atoms with Gasteiger partial charge >= 0.3 is 0 Å². The second-order valence-corrected chi connectivity index (χ2v) is 2.69. The third-order valence-corrected chi connectivity index (χ3v) is 1.57. The molecule has 0 spiro atoms. The highest BCUT2D eigenvalue weighted by molar-refractivity contribution is 6.30. The maximum absolute atomic E-state index is 12.7. The maximum Gasteiger partial charge on any atom is 0.272 e. The zero-order valence-corrected chi connectivity index (χ0v) is 7.19. The monoisotopic (exact) mass is 210 g/mol. The highest BCUT2D eigenvalue weighted by Crippen LogP contribution is 2.20. The largest absolute Gasteiger partial charge is 0.488 e. The van der Waals surface area contributed by atoms with Crippen LogP contribution < -0.4 is 4.74 Å². The summed E-state index contributed by atoms with van der Waals surface area (Å²) in [7, 11) is 0. The predicted molar refractivity (Wildman–Crippen MR) is 42.9 cm³/mol. The molecule has 0 N–H and O–H groups in total. The Labute approximate surface area is 78.1 Å². The summed E-state index contributed by atoms with van der Waals surface area (Å²) in [5.74, 6) is -0.643. The topological polar surface area (TPSA) is 9.23 Å². The average Bonchev–Trinajstić information content (AvgIpc) is 2.07. The number of hydrogen-bond donors (Lipinski definition) is 0. The zero-order valence-electron chi connectivity index (χ0n) is 6.44. The Balaban J connectivity index is 2.63. The van der Waals surface area contributed by atoms with Crippen LogP contribution in [0.5, 0.6) is 5.75 Å². The van der Waals surface area contributed by atoms with E-state index in [9.17, 15) is 13.2 Å². The van der Waals surface area contributed by atoms with Crippen molar-refractivity contribution < 1.29 is 17.9 Å². The van der Waals surface area contributed by atoms with E-state index >= 15 is 0 Å². The van der Waals surface area contributed by atoms with Crippen molar-refractivity contribution in [3.8, 4) is 5.75 Å². The van der Waals surface area contributed by atoms with E-state index in [1.807, 2.05) is 0 Å². The van der Waals surface area contributed by atoms with Crippen LogP contribution in [0.15, 0.2) is 18.2 Å². The number of alkyl halides is 2. The summed E-state index contributed by atoms with van der Waals surface area (Å²) < 4.78 is 40.6. The van der Waals surface area contributed by atoms with Gasteiger partial charge in [0.15, 0.2) is 0 Å². The van der Waals surface area contributed by atoms with Crippen molar-refractivity contribution in [3.05, 3.63) is 29.0 Å². The molecule has 1 aromatic rings. The highest BCUT2D eigenvalue weighted by Gasteiger charge is 2.05. The van der Waals surface area contributed by atoms with Crippen LogP contribution in [0, 0.1) is 5.82 Å². The van der Waals surface area contributed by atoms with Gasteiger partial charge in [0.1, 0.15) is 18.2 Å². The molecule has 1 aromatic carbocycles. The van der Waals surface area contributed by atoms with E-state index in [0.29, 0.717) is 0 Å². The fraction of sp³-hybridized carbons (Fsp3) is 0.250. The molecule has 72 valence electrons. The van der Waals surface area contributed by atoms with E-state index in [1.165, 1.54) is 12.1 Å². The van der Waals surface area contributed by atoms with Gasteiger partial charge < -0.3 is 4.74 Å². The highest BCUT2D eigenvalue weighted by atomic mass is 35.5. The number of hydrogen-bond acceptors (Lipinski definition) is 1. The number of benzene rings is 1. The first-order chi connectivity index (χ1) is 6.09. The Morgan fingerprint density at radius 1 is 1.38 bits per heavy atom. The lowest BCUT2D eigenvalue weighted by molar-refractivity contribution is 0.0817. The van der Waals surface area contributed by atoms with Gasteiger partial charge in [0.25, 0.3) is 6.43 Å². The molecule has 0 aromatic heterocycles. The summed E-state index contributed by atoms with van der Waals surface area (Å²) in [5, 5.41) is -0.0654. The van der Waals surface area contributed by atoms with Crippen molar-refractivity contribution >= 4 is 11.6 Å². The van der Waals surface area contributed by atoms with Crippen LogP contribution in [0.2, 0.25) is 5.02 Å². The Bertz CT molecular complexity index is 291. The number of halogens is 4. The van der Waals surface area contributed by atoms with Crippen LogP contribution in [-0.4, -0.2) is 13.0 Å². The van der Waals surface area contributed by atoms with Crippen molar-refractivity contribution in [2.24, 2.45) is 0 Å². The smallest absolute Gasteiger partial charge is 0.272 e. The van der Waals surface area contributed by atoms with Crippen LogP contribution >= 0.6 is 11.6 Å². The normalized spacial score (nSPS) is 10.5. The quantitative estimate of drug-likeness (QED) is 0.745. The van der Waals surface area contributed by atoms with Gasteiger partial charge in [-0.1, -0.05) is 11.6 Å². The molecule has 0 radical (unpaired) electrons. The number of rotatable bonds is 3. The van der Waals surface area contributed by atoms with Gasteiger partial charge in [0, 0.05) is 6.07 Å². The second-order valence-electron chi connectivity index (χ2n) is 2.28. The summed E-state index contributed by atoms with van der Waals surface area (Å²) in [6.07, 6.45) is -2.57. The Morgan fingerprint density at radius 2 is 2.08 bits per heavy atom. The van der Waals surface area contributed by atoms with Gasteiger partial charge in [-0.05, 0) is 12.1 Å². The lowest BCUT2D eigenvalue weighted by Gasteiger charge is -2.05. The molecule has 0 amide bonds. The standard InChI is InChI=1S/C8H6ClF3O/c9-6-2-1-5(3-7(6)10)13-4-8(11)12/h1-3,8H,4H2. The molecule has 1 rings (SSSR count). The Hall–Kier alpha value is -0.900. The number of ether oxygens (including phenoxy) is 1. The maximum atomic E-state index is 12.7. The molecule has 5 heteroatoms. The molecular weight excluding hydrogens is 205 g/mol. The minimum atomic E-state index is -2.57. The van der Waals surface area contributed by atoms with E-state index in [1.54, 1.807) is 0 Å². The molecule has 0 aliphatic rings. The van der Waals surface area contributed by atoms with E-state index in [-0.39, 0.29) is 10.8 Å². The second kappa shape index (κ2) is 4.37. The zero-order chi connectivity index (χ0) is 9.84. The molecule has 0 bridgehead atoms. The van der Waals surface area contributed by atoms with E-state index in [4.69, 9.17) is 11.6 Å². The van der Waals surface area contributed by atoms with Crippen molar-refractivity contribution in [1.82, 2.24) is 0 Å². The molecule has 0 unspecified atom stereocenters. The van der Waals surface area contributed by atoms with Crippen LogP contribution in [0.25, 0.3) is 0 Å². The molecule has 1 nitrogen and oxygen atoms in total. The summed E-state index contributed by atoms with van der Waals surface area (Å²) in [6.45, 7) is -0.749. The van der Waals surface area contributed by atoms with Gasteiger partial charge in [-0.15, -0.1) is 0 Å². The summed E-state index contributed by atoms with van der Waals surface area (Å²) >= 11 is 5.36. The molecule has 0 atom stereocenters. The van der Waals surface area contributed by atoms with Gasteiger partial charge in [-0.2, -0.15) is 0 Å². The van der Waals surface area contributed by atoms with Crippen molar-refractivity contribution in [2.75, 3.05) is 6.61 Å². The first-order valence-corrected chi connectivity index (χ1v) is 3.83. The van der Waals surface area contributed by atoms with Crippen LogP contribution in [0.3, 0.4) is 0 Å². The summed E-state index contributed by atoms with van der Waals surface area (Å²) in [4.78, 5) is 0. The Kier molecular flexibility index (Phi) is 3.42. The molecule has 0 heterocycles. The minimum Gasteiger partial charge on any atom is -0.488 e. The molecule has 0 aliphatic carbocycles. The minimum absolute atomic E-state index is 0.0437. The summed E-state index contributed by atoms with van der Waals surface area (Å²) in [6, 6.07) is 3.54. The van der Waals surface area contributed by atoms with Crippen LogP contribution in [0.4, 0.5) is 13.2 Å². The molecule has 0 aliphatic heterocycles. The van der Waals surface area contributed by atoms with Crippen LogP contribution in [0.1, 0.15) is 0 Å². The van der Waals surface area contributed by atoms with Crippen molar-refractivity contribution in [1.29, 1.82) is 0 Å². The Morgan fingerprint density at radius 3 is 2.62 bits per heavy atom. The third kappa shape index (κ3) is 3.14. The predicted octanol–water partition coefficient (Wildman–Crippen LogP) is 3.12. The van der Waals surface area contributed by atoms with E-state index in [0.717, 1.165) is 6.07 Å². The summed E-state index contributed by atoms with van der Waals surface area (Å²) in [5.41, 5.74) is 0. The molecule has 0 saturated heterocycles. The van der Waals surface area contributed by atoms with Crippen molar-refractivity contribution in [3.63, 3.8) is 0 Å².